The third kappa shape index (κ3) is 1.37. The van der Waals surface area contributed by atoms with Crippen LogP contribution in [-0.4, -0.2) is 15.2 Å². The first kappa shape index (κ1) is 8.49. The molecule has 72 valence electrons. The molecule has 1 heterocycles. The fraction of sp³-hybridized carbons (Fsp3) is 0. The molecule has 0 aliphatic rings. The lowest BCUT2D eigenvalue weighted by molar-refractivity contribution is 0.431. The average molecular weight is 195 g/mol. The molecule has 0 amide bonds. The smallest absolute Gasteiger partial charge is 0.319 e. The zero-order valence-electron chi connectivity index (χ0n) is 6.94. The van der Waals surface area contributed by atoms with Gasteiger partial charge in [-0.15, -0.1) is 0 Å². The molecule has 1 aromatic heterocycles. The van der Waals surface area contributed by atoms with Gasteiger partial charge in [0, 0.05) is 5.56 Å². The van der Waals surface area contributed by atoms with Crippen LogP contribution in [0.3, 0.4) is 0 Å². The van der Waals surface area contributed by atoms with Gasteiger partial charge in [0.05, 0.1) is 0 Å². The zero-order chi connectivity index (χ0) is 10.1. The molecule has 6 heteroatoms. The molecule has 14 heavy (non-hydrogen) atoms. The van der Waals surface area contributed by atoms with E-state index < -0.39 is 11.6 Å². The molecule has 2 rings (SSSR count). The highest BCUT2D eigenvalue weighted by Gasteiger charge is 2.08. The monoisotopic (exact) mass is 195 g/mol. The molecule has 5 nitrogen and oxygen atoms in total. The highest BCUT2D eigenvalue weighted by atomic mass is 19.1. The Morgan fingerprint density at radius 2 is 2.21 bits per heavy atom. The first-order valence-corrected chi connectivity index (χ1v) is 3.75. The highest BCUT2D eigenvalue weighted by molar-refractivity contribution is 5.56. The van der Waals surface area contributed by atoms with Crippen LogP contribution in [0.25, 0.3) is 11.4 Å². The van der Waals surface area contributed by atoms with Gasteiger partial charge in [-0.25, -0.2) is 4.39 Å². The Hall–Kier alpha value is -2.11. The van der Waals surface area contributed by atoms with Crippen molar-refractivity contribution in [3.63, 3.8) is 0 Å². The molecule has 0 aliphatic heterocycles. The summed E-state index contributed by atoms with van der Waals surface area (Å²) in [6.45, 7) is 0. The van der Waals surface area contributed by atoms with Crippen LogP contribution in [0.4, 0.5) is 10.4 Å². The molecular weight excluding hydrogens is 189 g/mol. The van der Waals surface area contributed by atoms with Crippen LogP contribution in [0, 0.1) is 5.82 Å². The standard InChI is InChI=1S/C8H6FN3O2/c9-5-3-4(1-2-6(5)13)7-11-8(10)14-12-7/h1-3,13H,(H2,10,11,12). The van der Waals surface area contributed by atoms with Crippen molar-refractivity contribution < 1.29 is 14.0 Å². The maximum atomic E-state index is 12.9. The number of nitrogen functional groups attached to an aromatic ring is 1. The average Bonchev–Trinajstić information content (AvgIpc) is 2.57. The van der Waals surface area contributed by atoms with Crippen molar-refractivity contribution in [3.8, 4) is 17.1 Å². The fourth-order valence-corrected chi connectivity index (χ4v) is 0.998. The fourth-order valence-electron chi connectivity index (χ4n) is 0.998. The number of phenolic OH excluding ortho intramolecular Hbond substituents is 1. The van der Waals surface area contributed by atoms with Gasteiger partial charge >= 0.3 is 6.01 Å². The van der Waals surface area contributed by atoms with Crippen LogP contribution in [-0.2, 0) is 0 Å². The Morgan fingerprint density at radius 3 is 2.79 bits per heavy atom. The predicted molar refractivity (Wildman–Crippen MR) is 45.8 cm³/mol. The van der Waals surface area contributed by atoms with Crippen molar-refractivity contribution in [1.82, 2.24) is 10.1 Å². The molecule has 0 bridgehead atoms. The van der Waals surface area contributed by atoms with E-state index >= 15 is 0 Å². The lowest BCUT2D eigenvalue weighted by Crippen LogP contribution is -1.85. The first-order chi connectivity index (χ1) is 6.66. The Labute approximate surface area is 78.0 Å². The van der Waals surface area contributed by atoms with Crippen molar-refractivity contribution in [2.75, 3.05) is 5.73 Å². The predicted octanol–water partition coefficient (Wildman–Crippen LogP) is 1.16. The Kier molecular flexibility index (Phi) is 1.81. The van der Waals surface area contributed by atoms with Gasteiger partial charge in [-0.05, 0) is 18.2 Å². The summed E-state index contributed by atoms with van der Waals surface area (Å²) in [4.78, 5) is 3.70. The van der Waals surface area contributed by atoms with E-state index in [1.807, 2.05) is 0 Å². The third-order valence-electron chi connectivity index (χ3n) is 1.65. The summed E-state index contributed by atoms with van der Waals surface area (Å²) in [7, 11) is 0. The number of hydrogen-bond donors (Lipinski definition) is 2. The lowest BCUT2D eigenvalue weighted by atomic mass is 10.2. The number of halogens is 1. The topological polar surface area (TPSA) is 85.2 Å². The van der Waals surface area contributed by atoms with Gasteiger partial charge in [0.2, 0.25) is 5.82 Å². The molecule has 0 fully saturated rings. The molecule has 0 saturated heterocycles. The minimum absolute atomic E-state index is 0.0894. The van der Waals surface area contributed by atoms with Gasteiger partial charge in [-0.1, -0.05) is 5.16 Å². The van der Waals surface area contributed by atoms with Crippen LogP contribution < -0.4 is 5.73 Å². The van der Waals surface area contributed by atoms with Crippen molar-refractivity contribution in [3.05, 3.63) is 24.0 Å². The molecule has 3 N–H and O–H groups in total. The van der Waals surface area contributed by atoms with Crippen molar-refractivity contribution in [2.45, 2.75) is 0 Å². The lowest BCUT2D eigenvalue weighted by Gasteiger charge is -1.96. The number of hydrogen-bond acceptors (Lipinski definition) is 5. The molecule has 0 spiro atoms. The zero-order valence-corrected chi connectivity index (χ0v) is 6.94. The van der Waals surface area contributed by atoms with Crippen molar-refractivity contribution in [1.29, 1.82) is 0 Å². The summed E-state index contributed by atoms with van der Waals surface area (Å²) < 4.78 is 17.4. The van der Waals surface area contributed by atoms with Gasteiger partial charge in [-0.3, -0.25) is 0 Å². The van der Waals surface area contributed by atoms with E-state index in [2.05, 4.69) is 14.7 Å². The number of nitrogens with two attached hydrogens (primary N) is 1. The second kappa shape index (κ2) is 2.99. The molecule has 2 aromatic rings. The summed E-state index contributed by atoms with van der Waals surface area (Å²) in [5.41, 5.74) is 5.59. The molecule has 1 aromatic carbocycles. The summed E-state index contributed by atoms with van der Waals surface area (Å²) >= 11 is 0. The SMILES string of the molecule is Nc1nc(-c2ccc(O)c(F)c2)no1. The second-order valence-corrected chi connectivity index (χ2v) is 2.62. The summed E-state index contributed by atoms with van der Waals surface area (Å²) in [6.07, 6.45) is 0. The van der Waals surface area contributed by atoms with E-state index in [0.29, 0.717) is 5.56 Å². The van der Waals surface area contributed by atoms with Crippen LogP contribution >= 0.6 is 0 Å². The molecular formula is C8H6FN3O2. The molecule has 0 aliphatic carbocycles. The Morgan fingerprint density at radius 1 is 1.43 bits per heavy atom. The van der Waals surface area contributed by atoms with Crippen LogP contribution in [0.1, 0.15) is 0 Å². The second-order valence-electron chi connectivity index (χ2n) is 2.62. The number of phenols is 1. The highest BCUT2D eigenvalue weighted by Crippen LogP contribution is 2.22. The number of rotatable bonds is 1. The maximum Gasteiger partial charge on any atom is 0.319 e. The minimum Gasteiger partial charge on any atom is -0.505 e. The van der Waals surface area contributed by atoms with Crippen molar-refractivity contribution >= 4 is 6.01 Å². The van der Waals surface area contributed by atoms with Crippen LogP contribution in [0.2, 0.25) is 0 Å². The first-order valence-electron chi connectivity index (χ1n) is 3.75. The van der Waals surface area contributed by atoms with E-state index in [0.717, 1.165) is 6.07 Å². The number of aromatic hydroxyl groups is 1. The molecule has 0 unspecified atom stereocenters. The number of nitrogens with zero attached hydrogens (tertiary/aromatic N) is 2. The summed E-state index contributed by atoms with van der Waals surface area (Å²) in [5.74, 6) is -0.988. The van der Waals surface area contributed by atoms with Crippen molar-refractivity contribution in [2.24, 2.45) is 0 Å². The summed E-state index contributed by atoms with van der Waals surface area (Å²) in [5, 5.41) is 12.4. The van der Waals surface area contributed by atoms with Gasteiger partial charge in [-0.2, -0.15) is 4.98 Å². The van der Waals surface area contributed by atoms with Gasteiger partial charge in [0.15, 0.2) is 11.6 Å². The third-order valence-corrected chi connectivity index (χ3v) is 1.65. The Balaban J connectivity index is 2.47. The van der Waals surface area contributed by atoms with E-state index in [-0.39, 0.29) is 11.8 Å². The molecule has 0 atom stereocenters. The largest absolute Gasteiger partial charge is 0.505 e. The number of aromatic nitrogens is 2. The quantitative estimate of drug-likeness (QED) is 0.713. The van der Waals surface area contributed by atoms with Gasteiger partial charge < -0.3 is 15.4 Å². The molecule has 0 saturated carbocycles. The number of benzene rings is 1. The minimum atomic E-state index is -0.745. The van der Waals surface area contributed by atoms with Gasteiger partial charge in [0.25, 0.3) is 0 Å². The Bertz CT molecular complexity index is 469. The normalized spacial score (nSPS) is 10.4. The maximum absolute atomic E-state index is 12.9. The van der Waals surface area contributed by atoms with Crippen LogP contribution in [0.5, 0.6) is 5.75 Å². The number of anilines is 1. The van der Waals surface area contributed by atoms with Crippen LogP contribution in [0.15, 0.2) is 22.7 Å². The van der Waals surface area contributed by atoms with E-state index in [4.69, 9.17) is 10.8 Å². The van der Waals surface area contributed by atoms with Gasteiger partial charge in [0.1, 0.15) is 0 Å². The molecule has 0 radical (unpaired) electrons. The van der Waals surface area contributed by atoms with E-state index in [1.165, 1.54) is 12.1 Å². The van der Waals surface area contributed by atoms with E-state index in [9.17, 15) is 4.39 Å². The summed E-state index contributed by atoms with van der Waals surface area (Å²) in [6, 6.07) is 3.67. The van der Waals surface area contributed by atoms with E-state index in [1.54, 1.807) is 0 Å².